The Morgan fingerprint density at radius 1 is 1.06 bits per heavy atom. The summed E-state index contributed by atoms with van der Waals surface area (Å²) in [6.45, 7) is 5.61. The molecule has 0 unspecified atom stereocenters. The van der Waals surface area contributed by atoms with E-state index in [0.29, 0.717) is 12.1 Å². The minimum absolute atomic E-state index is 0.0210. The molecule has 18 heavy (non-hydrogen) atoms. The Labute approximate surface area is 110 Å². The third-order valence-corrected chi connectivity index (χ3v) is 2.15. The molecule has 0 aromatic rings. The molecule has 0 aromatic heterocycles. The van der Waals surface area contributed by atoms with Gasteiger partial charge in [0.05, 0.1) is 0 Å². The standard InChI is InChI=1S/C13H18N2O.C2H6/c1-14-10-7-11-15-13(16)12-8-5-3-2-4-6-9-12;1-2/h2-6,8-9,14H,7,10-11H2,1H3,(H,15,16);1-2H3/b3-2-,4-2?,5-3?,6-4-,8-5-,9-6?,12-8?,12-9+;. The van der Waals surface area contributed by atoms with Gasteiger partial charge in [-0.25, -0.2) is 0 Å². The number of carbonyl (C=O) groups is 1. The molecule has 0 heterocycles. The lowest BCUT2D eigenvalue weighted by molar-refractivity contribution is -0.117. The summed E-state index contributed by atoms with van der Waals surface area (Å²) < 4.78 is 0. The molecular weight excluding hydrogens is 224 g/mol. The molecule has 0 atom stereocenters. The van der Waals surface area contributed by atoms with Crippen LogP contribution in [0.3, 0.4) is 0 Å². The van der Waals surface area contributed by atoms with E-state index in [1.807, 2.05) is 63.4 Å². The molecule has 0 bridgehead atoms. The molecule has 3 nitrogen and oxygen atoms in total. The average Bonchev–Trinajstić information content (AvgIpc) is 2.36. The van der Waals surface area contributed by atoms with E-state index in [0.717, 1.165) is 13.0 Å². The first-order valence-corrected chi connectivity index (χ1v) is 6.49. The molecule has 3 heteroatoms. The van der Waals surface area contributed by atoms with E-state index in [1.165, 1.54) is 0 Å². The third-order valence-electron chi connectivity index (χ3n) is 2.15. The van der Waals surface area contributed by atoms with Gasteiger partial charge in [-0.15, -0.1) is 0 Å². The molecule has 1 amide bonds. The Morgan fingerprint density at radius 2 is 1.72 bits per heavy atom. The quantitative estimate of drug-likeness (QED) is 0.733. The molecular formula is C15H24N2O. The number of rotatable bonds is 5. The summed E-state index contributed by atoms with van der Waals surface area (Å²) in [5.74, 6) is -0.0210. The molecule has 1 rings (SSSR count). The molecule has 0 spiro atoms. The van der Waals surface area contributed by atoms with Crippen molar-refractivity contribution in [2.45, 2.75) is 20.3 Å². The van der Waals surface area contributed by atoms with Gasteiger partial charge in [0, 0.05) is 12.1 Å². The van der Waals surface area contributed by atoms with Crippen LogP contribution < -0.4 is 10.6 Å². The highest BCUT2D eigenvalue weighted by molar-refractivity contribution is 5.96. The smallest absolute Gasteiger partial charge is 0.251 e. The van der Waals surface area contributed by atoms with Crippen LogP contribution >= 0.6 is 0 Å². The lowest BCUT2D eigenvalue weighted by Crippen LogP contribution is -2.27. The maximum absolute atomic E-state index is 11.7. The van der Waals surface area contributed by atoms with Crippen LogP contribution in [0.15, 0.2) is 48.1 Å². The van der Waals surface area contributed by atoms with Crippen molar-refractivity contribution >= 4 is 5.91 Å². The molecule has 1 aliphatic rings. The van der Waals surface area contributed by atoms with Crippen LogP contribution in [-0.4, -0.2) is 26.0 Å². The fourth-order valence-corrected chi connectivity index (χ4v) is 1.29. The molecule has 0 fully saturated rings. The van der Waals surface area contributed by atoms with E-state index in [4.69, 9.17) is 0 Å². The second kappa shape index (κ2) is 11.9. The Morgan fingerprint density at radius 3 is 2.44 bits per heavy atom. The lowest BCUT2D eigenvalue weighted by atomic mass is 10.1. The number of hydrogen-bond donors (Lipinski definition) is 2. The average molecular weight is 248 g/mol. The summed E-state index contributed by atoms with van der Waals surface area (Å²) in [5, 5.41) is 5.92. The Bertz CT molecular complexity index is 338. The van der Waals surface area contributed by atoms with Crippen molar-refractivity contribution in [2.24, 2.45) is 0 Å². The molecule has 0 saturated heterocycles. The number of amides is 1. The van der Waals surface area contributed by atoms with Crippen LogP contribution in [0.4, 0.5) is 0 Å². The molecule has 100 valence electrons. The number of allylic oxidation sites excluding steroid dienone is 6. The fourth-order valence-electron chi connectivity index (χ4n) is 1.29. The number of nitrogens with one attached hydrogen (secondary N) is 2. The predicted octanol–water partition coefficient (Wildman–Crippen LogP) is 2.35. The van der Waals surface area contributed by atoms with Crippen molar-refractivity contribution in [1.82, 2.24) is 10.6 Å². The summed E-state index contributed by atoms with van der Waals surface area (Å²) in [7, 11) is 1.90. The van der Waals surface area contributed by atoms with Crippen LogP contribution in [0.1, 0.15) is 20.3 Å². The normalized spacial score (nSPS) is 21.2. The van der Waals surface area contributed by atoms with E-state index < -0.39 is 0 Å². The van der Waals surface area contributed by atoms with Crippen molar-refractivity contribution in [3.63, 3.8) is 0 Å². The van der Waals surface area contributed by atoms with Crippen LogP contribution in [0.5, 0.6) is 0 Å². The SMILES string of the molecule is CC.CNCCCNC(=O)C1=C/C=C\C=C/C=C\1. The van der Waals surface area contributed by atoms with Crippen molar-refractivity contribution < 1.29 is 4.79 Å². The lowest BCUT2D eigenvalue weighted by Gasteiger charge is -2.05. The van der Waals surface area contributed by atoms with Gasteiger partial charge in [-0.1, -0.05) is 44.2 Å². The van der Waals surface area contributed by atoms with Gasteiger partial charge in [-0.2, -0.15) is 0 Å². The summed E-state index contributed by atoms with van der Waals surface area (Å²) in [4.78, 5) is 11.7. The maximum Gasteiger partial charge on any atom is 0.251 e. The van der Waals surface area contributed by atoms with Gasteiger partial charge in [0.15, 0.2) is 0 Å². The molecule has 0 radical (unpaired) electrons. The highest BCUT2D eigenvalue weighted by Gasteiger charge is 2.03. The topological polar surface area (TPSA) is 41.1 Å². The molecule has 1 aliphatic carbocycles. The Balaban J connectivity index is 0.00000137. The first-order valence-electron chi connectivity index (χ1n) is 6.49. The van der Waals surface area contributed by atoms with Crippen molar-refractivity contribution in [3.8, 4) is 0 Å². The predicted molar refractivity (Wildman–Crippen MR) is 78.4 cm³/mol. The zero-order chi connectivity index (χ0) is 13.6. The van der Waals surface area contributed by atoms with E-state index in [9.17, 15) is 4.79 Å². The van der Waals surface area contributed by atoms with Crippen molar-refractivity contribution in [1.29, 1.82) is 0 Å². The van der Waals surface area contributed by atoms with Gasteiger partial charge in [0.1, 0.15) is 0 Å². The van der Waals surface area contributed by atoms with Gasteiger partial charge in [-0.05, 0) is 32.2 Å². The van der Waals surface area contributed by atoms with Gasteiger partial charge in [0.25, 0.3) is 5.91 Å². The van der Waals surface area contributed by atoms with E-state index in [2.05, 4.69) is 10.6 Å². The number of carbonyl (C=O) groups excluding carboxylic acids is 1. The third kappa shape index (κ3) is 7.63. The zero-order valence-electron chi connectivity index (χ0n) is 11.6. The van der Waals surface area contributed by atoms with E-state index in [-0.39, 0.29) is 5.91 Å². The Kier molecular flexibility index (Phi) is 10.8. The van der Waals surface area contributed by atoms with E-state index in [1.54, 1.807) is 0 Å². The van der Waals surface area contributed by atoms with Crippen molar-refractivity contribution in [2.75, 3.05) is 20.1 Å². The van der Waals surface area contributed by atoms with Crippen molar-refractivity contribution in [3.05, 3.63) is 48.1 Å². The van der Waals surface area contributed by atoms with Gasteiger partial charge >= 0.3 is 0 Å². The first-order chi connectivity index (χ1) is 8.84. The van der Waals surface area contributed by atoms with Gasteiger partial charge in [-0.3, -0.25) is 4.79 Å². The van der Waals surface area contributed by atoms with Crippen LogP contribution in [0.25, 0.3) is 0 Å². The minimum atomic E-state index is -0.0210. The number of hydrogen-bond acceptors (Lipinski definition) is 2. The summed E-state index contributed by atoms with van der Waals surface area (Å²) in [6, 6.07) is 0. The second-order valence-corrected chi connectivity index (χ2v) is 3.46. The molecule has 0 aliphatic heterocycles. The summed E-state index contributed by atoms with van der Waals surface area (Å²) in [5.41, 5.74) is 0.685. The highest BCUT2D eigenvalue weighted by atomic mass is 16.1. The summed E-state index contributed by atoms with van der Waals surface area (Å²) in [6.07, 6.45) is 14.0. The van der Waals surface area contributed by atoms with Gasteiger partial charge < -0.3 is 10.6 Å². The molecule has 0 aromatic carbocycles. The maximum atomic E-state index is 11.7. The first kappa shape index (κ1) is 16.4. The van der Waals surface area contributed by atoms with Crippen LogP contribution in [-0.2, 0) is 4.79 Å². The van der Waals surface area contributed by atoms with Crippen LogP contribution in [0.2, 0.25) is 0 Å². The monoisotopic (exact) mass is 248 g/mol. The largest absolute Gasteiger partial charge is 0.352 e. The fraction of sp³-hybridized carbons (Fsp3) is 0.400. The second-order valence-electron chi connectivity index (χ2n) is 3.46. The zero-order valence-corrected chi connectivity index (χ0v) is 11.6. The highest BCUT2D eigenvalue weighted by Crippen LogP contribution is 2.01. The summed E-state index contributed by atoms with van der Waals surface area (Å²) >= 11 is 0. The Hall–Kier alpha value is -1.61. The molecule has 2 N–H and O–H groups in total. The molecule has 0 saturated carbocycles. The minimum Gasteiger partial charge on any atom is -0.352 e. The van der Waals surface area contributed by atoms with Gasteiger partial charge in [0.2, 0.25) is 0 Å². The van der Waals surface area contributed by atoms with E-state index >= 15 is 0 Å². The van der Waals surface area contributed by atoms with Crippen LogP contribution in [0, 0.1) is 0 Å².